The van der Waals surface area contributed by atoms with Crippen molar-refractivity contribution in [2.24, 2.45) is 0 Å². The van der Waals surface area contributed by atoms with Gasteiger partial charge in [0.05, 0.1) is 24.1 Å². The van der Waals surface area contributed by atoms with E-state index in [2.05, 4.69) is 27.5 Å². The number of unbranched alkanes of at least 4 members (excludes halogenated alkanes) is 1. The number of carbonyl (C=O) groups is 1. The number of aromatic nitrogens is 4. The number of rotatable bonds is 5. The van der Waals surface area contributed by atoms with Crippen molar-refractivity contribution in [3.63, 3.8) is 0 Å². The molecule has 9 nitrogen and oxygen atoms in total. The first-order valence-corrected chi connectivity index (χ1v) is 8.54. The van der Waals surface area contributed by atoms with E-state index in [4.69, 9.17) is 4.52 Å². The Hall–Kier alpha value is -2.42. The average Bonchev–Trinajstić information content (AvgIpc) is 3.27. The van der Waals surface area contributed by atoms with Gasteiger partial charge in [-0.05, 0) is 20.3 Å². The Morgan fingerprint density at radius 2 is 2.28 bits per heavy atom. The molecule has 2 aromatic rings. The van der Waals surface area contributed by atoms with Crippen molar-refractivity contribution in [3.05, 3.63) is 23.6 Å². The summed E-state index contributed by atoms with van der Waals surface area (Å²) in [4.78, 5) is 18.1. The number of hydrogen-bond donors (Lipinski definition) is 2. The normalized spacial score (nSPS) is 20.2. The van der Waals surface area contributed by atoms with Gasteiger partial charge in [0.25, 0.3) is 5.89 Å². The number of amides is 2. The number of nitrogens with one attached hydrogen (secondary N) is 1. The molecule has 25 heavy (non-hydrogen) atoms. The maximum atomic E-state index is 12.5. The standard InChI is InChI=1S/C16H24N6O3/c1-4-5-7-22-11(2)13(9-17-22)19-15(23)21-8-6-16(24,10-21)14-18-12(3)20-25-14/h9,24H,4-8,10H2,1-3H3,(H,19,23). The summed E-state index contributed by atoms with van der Waals surface area (Å²) in [6, 6.07) is -0.273. The van der Waals surface area contributed by atoms with Gasteiger partial charge in [-0.15, -0.1) is 0 Å². The highest BCUT2D eigenvalue weighted by molar-refractivity contribution is 5.90. The van der Waals surface area contributed by atoms with Crippen LogP contribution in [0.5, 0.6) is 0 Å². The largest absolute Gasteiger partial charge is 0.378 e. The first-order valence-electron chi connectivity index (χ1n) is 8.54. The monoisotopic (exact) mass is 348 g/mol. The van der Waals surface area contributed by atoms with E-state index in [1.54, 1.807) is 18.0 Å². The maximum Gasteiger partial charge on any atom is 0.322 e. The number of urea groups is 1. The number of anilines is 1. The second-order valence-electron chi connectivity index (χ2n) is 6.50. The number of aryl methyl sites for hydroxylation is 2. The smallest absolute Gasteiger partial charge is 0.322 e. The van der Waals surface area contributed by atoms with Gasteiger partial charge in [0.2, 0.25) is 0 Å². The fourth-order valence-corrected chi connectivity index (χ4v) is 2.92. The van der Waals surface area contributed by atoms with E-state index in [0.29, 0.717) is 24.5 Å². The van der Waals surface area contributed by atoms with Gasteiger partial charge in [0, 0.05) is 19.5 Å². The van der Waals surface area contributed by atoms with Gasteiger partial charge in [-0.25, -0.2) is 4.79 Å². The zero-order chi connectivity index (χ0) is 18.0. The highest BCUT2D eigenvalue weighted by Crippen LogP contribution is 2.31. The van der Waals surface area contributed by atoms with Crippen LogP contribution in [-0.4, -0.2) is 49.0 Å². The maximum absolute atomic E-state index is 12.5. The molecule has 3 rings (SSSR count). The van der Waals surface area contributed by atoms with Gasteiger partial charge in [-0.2, -0.15) is 10.1 Å². The summed E-state index contributed by atoms with van der Waals surface area (Å²) >= 11 is 0. The predicted molar refractivity (Wildman–Crippen MR) is 90.0 cm³/mol. The fourth-order valence-electron chi connectivity index (χ4n) is 2.92. The molecule has 1 atom stereocenters. The fraction of sp³-hybridized carbons (Fsp3) is 0.625. The minimum atomic E-state index is -1.29. The number of likely N-dealkylation sites (tertiary alicyclic amines) is 1. The molecule has 0 bridgehead atoms. The van der Waals surface area contributed by atoms with E-state index in [1.807, 2.05) is 11.6 Å². The first kappa shape index (κ1) is 17.4. The lowest BCUT2D eigenvalue weighted by molar-refractivity contribution is 0.0171. The van der Waals surface area contributed by atoms with Crippen LogP contribution in [0.15, 0.2) is 10.7 Å². The van der Waals surface area contributed by atoms with Crippen molar-refractivity contribution in [1.29, 1.82) is 0 Å². The second kappa shape index (κ2) is 6.83. The zero-order valence-electron chi connectivity index (χ0n) is 14.8. The van der Waals surface area contributed by atoms with Crippen molar-refractivity contribution in [2.75, 3.05) is 18.4 Å². The van der Waals surface area contributed by atoms with Gasteiger partial charge >= 0.3 is 6.03 Å². The number of β-amino-alcohol motifs (C(OH)–C–C–N with tert-alkyl or cyclic N) is 1. The van der Waals surface area contributed by atoms with Gasteiger partial charge in [-0.1, -0.05) is 18.5 Å². The highest BCUT2D eigenvalue weighted by atomic mass is 16.5. The third-order valence-electron chi connectivity index (χ3n) is 4.53. The minimum absolute atomic E-state index is 0.115. The number of aliphatic hydroxyl groups is 1. The molecule has 1 fully saturated rings. The van der Waals surface area contributed by atoms with E-state index in [0.717, 1.165) is 25.1 Å². The molecule has 1 aliphatic rings. The van der Waals surface area contributed by atoms with Gasteiger partial charge in [-0.3, -0.25) is 4.68 Å². The summed E-state index contributed by atoms with van der Waals surface area (Å²) in [5.41, 5.74) is 0.313. The molecule has 136 valence electrons. The van der Waals surface area contributed by atoms with Gasteiger partial charge < -0.3 is 19.8 Å². The van der Waals surface area contributed by atoms with Gasteiger partial charge in [0.1, 0.15) is 0 Å². The minimum Gasteiger partial charge on any atom is -0.378 e. The van der Waals surface area contributed by atoms with E-state index >= 15 is 0 Å². The predicted octanol–water partition coefficient (Wildman–Crippen LogP) is 1.81. The van der Waals surface area contributed by atoms with E-state index < -0.39 is 5.60 Å². The second-order valence-corrected chi connectivity index (χ2v) is 6.50. The summed E-state index contributed by atoms with van der Waals surface area (Å²) in [5, 5.41) is 21.6. The van der Waals surface area contributed by atoms with Crippen molar-refractivity contribution in [1.82, 2.24) is 24.8 Å². The molecule has 2 aromatic heterocycles. The molecule has 1 unspecified atom stereocenters. The number of hydrogen-bond acceptors (Lipinski definition) is 6. The lowest BCUT2D eigenvalue weighted by Gasteiger charge is -2.20. The first-order chi connectivity index (χ1) is 11.9. The van der Waals surface area contributed by atoms with Crippen LogP contribution in [0.4, 0.5) is 10.5 Å². The molecule has 0 spiro atoms. The highest BCUT2D eigenvalue weighted by Gasteiger charge is 2.44. The van der Waals surface area contributed by atoms with Crippen LogP contribution < -0.4 is 5.32 Å². The molecule has 0 saturated carbocycles. The van der Waals surface area contributed by atoms with Crippen molar-refractivity contribution >= 4 is 11.7 Å². The van der Waals surface area contributed by atoms with Crippen molar-refractivity contribution in [3.8, 4) is 0 Å². The molecule has 9 heteroatoms. The van der Waals surface area contributed by atoms with Crippen LogP contribution in [0.25, 0.3) is 0 Å². The summed E-state index contributed by atoms with van der Waals surface area (Å²) in [6.45, 7) is 7.10. The van der Waals surface area contributed by atoms with Gasteiger partial charge in [0.15, 0.2) is 11.4 Å². The van der Waals surface area contributed by atoms with Crippen LogP contribution >= 0.6 is 0 Å². The third kappa shape index (κ3) is 3.51. The summed E-state index contributed by atoms with van der Waals surface area (Å²) in [6.07, 6.45) is 4.14. The Balaban J connectivity index is 1.64. The van der Waals surface area contributed by atoms with Crippen LogP contribution in [-0.2, 0) is 12.1 Å². The Labute approximate surface area is 146 Å². The Kier molecular flexibility index (Phi) is 4.76. The molecule has 1 aliphatic heterocycles. The molecule has 2 N–H and O–H groups in total. The van der Waals surface area contributed by atoms with Crippen LogP contribution in [0, 0.1) is 13.8 Å². The number of nitrogens with zero attached hydrogens (tertiary/aromatic N) is 5. The van der Waals surface area contributed by atoms with E-state index in [9.17, 15) is 9.90 Å². The van der Waals surface area contributed by atoms with Crippen LogP contribution in [0.1, 0.15) is 43.6 Å². The molecule has 0 aromatic carbocycles. The molecule has 0 radical (unpaired) electrons. The topological polar surface area (TPSA) is 109 Å². The van der Waals surface area contributed by atoms with Crippen LogP contribution in [0.2, 0.25) is 0 Å². The molecule has 2 amide bonds. The summed E-state index contributed by atoms with van der Waals surface area (Å²) in [7, 11) is 0. The Morgan fingerprint density at radius 3 is 2.96 bits per heavy atom. The lowest BCUT2D eigenvalue weighted by Crippen LogP contribution is -2.37. The SMILES string of the molecule is CCCCn1ncc(NC(=O)N2CCC(O)(c3nc(C)no3)C2)c1C. The molecule has 0 aliphatic carbocycles. The zero-order valence-corrected chi connectivity index (χ0v) is 14.8. The van der Waals surface area contributed by atoms with Crippen molar-refractivity contribution < 1.29 is 14.4 Å². The molecular formula is C16H24N6O3. The quantitative estimate of drug-likeness (QED) is 0.853. The average molecular weight is 348 g/mol. The molecule has 3 heterocycles. The lowest BCUT2D eigenvalue weighted by atomic mass is 10.0. The van der Waals surface area contributed by atoms with E-state index in [1.165, 1.54) is 0 Å². The van der Waals surface area contributed by atoms with E-state index in [-0.39, 0.29) is 18.5 Å². The third-order valence-corrected chi connectivity index (χ3v) is 4.53. The van der Waals surface area contributed by atoms with Crippen LogP contribution in [0.3, 0.4) is 0 Å². The Bertz CT molecular complexity index is 755. The summed E-state index contributed by atoms with van der Waals surface area (Å²) in [5.74, 6) is 0.616. The number of carbonyl (C=O) groups excluding carboxylic acids is 1. The molecular weight excluding hydrogens is 324 g/mol. The molecule has 1 saturated heterocycles. The Morgan fingerprint density at radius 1 is 1.48 bits per heavy atom. The van der Waals surface area contributed by atoms with Crippen molar-refractivity contribution in [2.45, 2.75) is 52.2 Å². The summed E-state index contributed by atoms with van der Waals surface area (Å²) < 4.78 is 6.96.